The number of anilines is 1. The van der Waals surface area contributed by atoms with Crippen molar-refractivity contribution in [1.82, 2.24) is 15.1 Å². The average molecular weight is 407 g/mol. The molecule has 1 aromatic heterocycles. The number of hydrogen-bond donors (Lipinski definition) is 2. The predicted molar refractivity (Wildman–Crippen MR) is 117 cm³/mol. The first kappa shape index (κ1) is 21.2. The second-order valence-corrected chi connectivity index (χ2v) is 7.35. The van der Waals surface area contributed by atoms with Crippen molar-refractivity contribution in [3.8, 4) is 0 Å². The molecule has 0 spiro atoms. The van der Waals surface area contributed by atoms with Gasteiger partial charge in [0, 0.05) is 29.6 Å². The highest BCUT2D eigenvalue weighted by Crippen LogP contribution is 2.17. The molecule has 1 amide bonds. The molecule has 30 heavy (non-hydrogen) atoms. The summed E-state index contributed by atoms with van der Waals surface area (Å²) in [5.74, 6) is -0.614. The zero-order valence-corrected chi connectivity index (χ0v) is 17.9. The van der Waals surface area contributed by atoms with Gasteiger partial charge in [0.2, 0.25) is 5.96 Å². The van der Waals surface area contributed by atoms with Gasteiger partial charge in [0.1, 0.15) is 5.82 Å². The van der Waals surface area contributed by atoms with E-state index in [1.807, 2.05) is 57.6 Å². The summed E-state index contributed by atoms with van der Waals surface area (Å²) in [4.78, 5) is 17.3. The van der Waals surface area contributed by atoms with Crippen LogP contribution in [0.3, 0.4) is 0 Å². The zero-order chi connectivity index (χ0) is 21.8. The van der Waals surface area contributed by atoms with Gasteiger partial charge in [0.15, 0.2) is 0 Å². The molecule has 0 aliphatic rings. The van der Waals surface area contributed by atoms with Crippen molar-refractivity contribution in [2.24, 2.45) is 12.0 Å². The normalized spacial score (nSPS) is 11.5. The van der Waals surface area contributed by atoms with Crippen LogP contribution in [0.4, 0.5) is 10.1 Å². The van der Waals surface area contributed by atoms with Crippen LogP contribution >= 0.6 is 0 Å². The molecule has 0 aliphatic heterocycles. The van der Waals surface area contributed by atoms with Crippen LogP contribution in [0.2, 0.25) is 0 Å². The van der Waals surface area contributed by atoms with Gasteiger partial charge < -0.3 is 5.32 Å². The number of guanidine groups is 1. The third-order valence-corrected chi connectivity index (χ3v) is 5.02. The number of hydrogen-bond acceptors (Lipinski definition) is 3. The van der Waals surface area contributed by atoms with E-state index in [1.54, 1.807) is 6.07 Å². The van der Waals surface area contributed by atoms with Gasteiger partial charge in [-0.05, 0) is 63.1 Å². The molecule has 0 saturated heterocycles. The fourth-order valence-corrected chi connectivity index (χ4v) is 3.12. The Bertz CT molecular complexity index is 1120. The van der Waals surface area contributed by atoms with Gasteiger partial charge in [-0.25, -0.2) is 9.38 Å². The van der Waals surface area contributed by atoms with Gasteiger partial charge in [-0.3, -0.25) is 14.8 Å². The number of nitrogens with zero attached hydrogens (tertiary/aromatic N) is 3. The summed E-state index contributed by atoms with van der Waals surface area (Å²) in [5.41, 5.74) is 6.06. The monoisotopic (exact) mass is 407 g/mol. The Morgan fingerprint density at radius 1 is 1.13 bits per heavy atom. The quantitative estimate of drug-likeness (QED) is 0.503. The number of halogens is 1. The number of nitrogens with one attached hydrogen (secondary N) is 2. The highest BCUT2D eigenvalue weighted by atomic mass is 19.1. The van der Waals surface area contributed by atoms with Gasteiger partial charge in [-0.1, -0.05) is 18.2 Å². The van der Waals surface area contributed by atoms with Crippen molar-refractivity contribution in [3.05, 3.63) is 81.9 Å². The maximum Gasteiger partial charge on any atom is 0.258 e. The third kappa shape index (κ3) is 4.92. The van der Waals surface area contributed by atoms with Crippen LogP contribution in [0.15, 0.2) is 47.5 Å². The first-order valence-electron chi connectivity index (χ1n) is 9.69. The number of aryl methyl sites for hydroxylation is 4. The molecule has 0 radical (unpaired) electrons. The fourth-order valence-electron chi connectivity index (χ4n) is 3.12. The molecule has 1 heterocycles. The second kappa shape index (κ2) is 8.90. The second-order valence-electron chi connectivity index (χ2n) is 7.35. The summed E-state index contributed by atoms with van der Waals surface area (Å²) in [7, 11) is 1.89. The molecule has 6 nitrogen and oxygen atoms in total. The van der Waals surface area contributed by atoms with E-state index in [9.17, 15) is 9.18 Å². The van der Waals surface area contributed by atoms with Crippen molar-refractivity contribution < 1.29 is 9.18 Å². The van der Waals surface area contributed by atoms with Gasteiger partial charge in [0.05, 0.1) is 12.2 Å². The minimum absolute atomic E-state index is 0.221. The lowest BCUT2D eigenvalue weighted by Crippen LogP contribution is -2.36. The van der Waals surface area contributed by atoms with Crippen LogP contribution in [0.5, 0.6) is 0 Å². The van der Waals surface area contributed by atoms with Crippen LogP contribution in [0, 0.1) is 33.5 Å². The van der Waals surface area contributed by atoms with E-state index in [1.165, 1.54) is 18.2 Å². The minimum atomic E-state index is -0.467. The lowest BCUT2D eigenvalue weighted by Gasteiger charge is -2.14. The highest BCUT2D eigenvalue weighted by Gasteiger charge is 2.13. The lowest BCUT2D eigenvalue weighted by atomic mass is 10.1. The van der Waals surface area contributed by atoms with Crippen molar-refractivity contribution in [1.29, 1.82) is 0 Å². The average Bonchev–Trinajstić information content (AvgIpc) is 2.94. The molecule has 156 valence electrons. The van der Waals surface area contributed by atoms with E-state index in [2.05, 4.69) is 20.7 Å². The van der Waals surface area contributed by atoms with Crippen LogP contribution in [0.25, 0.3) is 0 Å². The smallest absolute Gasteiger partial charge is 0.258 e. The van der Waals surface area contributed by atoms with E-state index >= 15 is 0 Å². The summed E-state index contributed by atoms with van der Waals surface area (Å²) in [6.07, 6.45) is 0. The SMILES string of the molecule is Cc1ccc(C)c(NC(=NCc2c(C)nn(C)c2C)NC(=O)c2cccc(F)c2)c1. The van der Waals surface area contributed by atoms with Crippen LogP contribution in [0.1, 0.15) is 38.4 Å². The van der Waals surface area contributed by atoms with E-state index < -0.39 is 11.7 Å². The summed E-state index contributed by atoms with van der Waals surface area (Å²) < 4.78 is 15.3. The minimum Gasteiger partial charge on any atom is -0.326 e. The Balaban J connectivity index is 1.91. The first-order chi connectivity index (χ1) is 14.2. The van der Waals surface area contributed by atoms with Gasteiger partial charge in [-0.15, -0.1) is 0 Å². The molecule has 3 rings (SSSR count). The van der Waals surface area contributed by atoms with Crippen molar-refractivity contribution >= 4 is 17.6 Å². The van der Waals surface area contributed by atoms with Crippen LogP contribution in [-0.2, 0) is 13.6 Å². The van der Waals surface area contributed by atoms with Gasteiger partial charge in [-0.2, -0.15) is 5.10 Å². The standard InChI is InChI=1S/C23H26FN5O/c1-14-9-10-15(2)21(11-14)26-23(25-13-20-16(3)28-29(5)17(20)4)27-22(30)18-7-6-8-19(24)12-18/h6-12H,13H2,1-5H3,(H2,25,26,27,30). The van der Waals surface area contributed by atoms with E-state index in [4.69, 9.17) is 0 Å². The Morgan fingerprint density at radius 2 is 1.90 bits per heavy atom. The Hall–Kier alpha value is -3.48. The fraction of sp³-hybridized carbons (Fsp3) is 0.261. The number of benzene rings is 2. The topological polar surface area (TPSA) is 71.3 Å². The molecular weight excluding hydrogens is 381 g/mol. The van der Waals surface area contributed by atoms with E-state index in [0.29, 0.717) is 12.5 Å². The molecule has 0 unspecified atom stereocenters. The molecule has 0 saturated carbocycles. The summed E-state index contributed by atoms with van der Waals surface area (Å²) in [6, 6.07) is 11.6. The van der Waals surface area contributed by atoms with Gasteiger partial charge in [0.25, 0.3) is 5.91 Å². The summed E-state index contributed by atoms with van der Waals surface area (Å²) in [6.45, 7) is 8.23. The van der Waals surface area contributed by atoms with E-state index in [0.717, 1.165) is 33.8 Å². The van der Waals surface area contributed by atoms with Gasteiger partial charge >= 0.3 is 0 Å². The van der Waals surface area contributed by atoms with Crippen molar-refractivity contribution in [2.45, 2.75) is 34.2 Å². The molecule has 0 bridgehead atoms. The number of aliphatic imine (C=N–C) groups is 1. The first-order valence-corrected chi connectivity index (χ1v) is 9.69. The molecule has 2 N–H and O–H groups in total. The maximum absolute atomic E-state index is 13.5. The highest BCUT2D eigenvalue weighted by molar-refractivity contribution is 6.10. The summed E-state index contributed by atoms with van der Waals surface area (Å²) in [5, 5.41) is 10.4. The van der Waals surface area contributed by atoms with Crippen LogP contribution in [-0.4, -0.2) is 21.6 Å². The Morgan fingerprint density at radius 3 is 2.57 bits per heavy atom. The Kier molecular flexibility index (Phi) is 6.30. The van der Waals surface area contributed by atoms with Crippen molar-refractivity contribution in [2.75, 3.05) is 5.32 Å². The number of amides is 1. The number of carbonyl (C=O) groups excluding carboxylic acids is 1. The molecule has 0 fully saturated rings. The number of rotatable bonds is 4. The zero-order valence-electron chi connectivity index (χ0n) is 17.9. The van der Waals surface area contributed by atoms with E-state index in [-0.39, 0.29) is 5.56 Å². The molecule has 7 heteroatoms. The molecular formula is C23H26FN5O. The van der Waals surface area contributed by atoms with Crippen molar-refractivity contribution in [3.63, 3.8) is 0 Å². The maximum atomic E-state index is 13.5. The Labute approximate surface area is 175 Å². The third-order valence-electron chi connectivity index (χ3n) is 5.02. The van der Waals surface area contributed by atoms with Crippen LogP contribution < -0.4 is 10.6 Å². The molecule has 2 aromatic carbocycles. The largest absolute Gasteiger partial charge is 0.326 e. The lowest BCUT2D eigenvalue weighted by molar-refractivity contribution is 0.0976. The number of aromatic nitrogens is 2. The molecule has 0 aliphatic carbocycles. The molecule has 3 aromatic rings. The predicted octanol–water partition coefficient (Wildman–Crippen LogP) is 4.19. The summed E-state index contributed by atoms with van der Waals surface area (Å²) >= 11 is 0. The molecule has 0 atom stereocenters. The number of carbonyl (C=O) groups is 1.